The van der Waals surface area contributed by atoms with Crippen LogP contribution in [0.25, 0.3) is 0 Å². The third kappa shape index (κ3) is 0.980. The lowest BCUT2D eigenvalue weighted by Gasteiger charge is -2.68. The van der Waals surface area contributed by atoms with Crippen LogP contribution >= 0.6 is 0 Å². The van der Waals surface area contributed by atoms with E-state index in [9.17, 15) is 0 Å². The van der Waals surface area contributed by atoms with E-state index in [1.807, 2.05) is 0 Å². The van der Waals surface area contributed by atoms with Crippen LogP contribution in [0.1, 0.15) is 40.0 Å². The molecule has 86 valence electrons. The summed E-state index contributed by atoms with van der Waals surface area (Å²) in [6.07, 6.45) is 3.65. The maximum Gasteiger partial charge on any atom is 0.0342 e. The molecular weight excluding hydrogens is 184 g/mol. The standard InChI is InChI=1S/C13H24N2/c1-7-9-4-11-8(2)10(7)6-13(15,5-9)12(11,3)14/h7-11H,4-6,14-15H2,1-3H3. The first-order valence-electron chi connectivity index (χ1n) is 6.44. The predicted octanol–water partition coefficient (Wildman–Crippen LogP) is 1.73. The van der Waals surface area contributed by atoms with Gasteiger partial charge in [-0.1, -0.05) is 13.8 Å². The molecule has 4 N–H and O–H groups in total. The van der Waals surface area contributed by atoms with Gasteiger partial charge in [-0.05, 0) is 55.8 Å². The van der Waals surface area contributed by atoms with Crippen molar-refractivity contribution in [2.45, 2.75) is 51.1 Å². The van der Waals surface area contributed by atoms with Gasteiger partial charge >= 0.3 is 0 Å². The van der Waals surface area contributed by atoms with Crippen molar-refractivity contribution in [3.05, 3.63) is 0 Å². The maximum atomic E-state index is 6.60. The molecule has 2 heteroatoms. The summed E-state index contributed by atoms with van der Waals surface area (Å²) < 4.78 is 0. The number of hydrogen-bond acceptors (Lipinski definition) is 2. The first-order chi connectivity index (χ1) is 6.87. The second-order valence-electron chi connectivity index (χ2n) is 6.83. The Hall–Kier alpha value is -0.0800. The van der Waals surface area contributed by atoms with Gasteiger partial charge in [0.1, 0.15) is 0 Å². The molecule has 0 spiro atoms. The van der Waals surface area contributed by atoms with E-state index >= 15 is 0 Å². The number of hydrogen-bond donors (Lipinski definition) is 2. The Balaban J connectivity index is 2.06. The summed E-state index contributed by atoms with van der Waals surface area (Å²) in [5, 5.41) is 0. The minimum atomic E-state index is -0.125. The maximum absolute atomic E-state index is 6.60. The summed E-state index contributed by atoms with van der Waals surface area (Å²) in [5.74, 6) is 4.01. The van der Waals surface area contributed by atoms with Crippen molar-refractivity contribution in [1.82, 2.24) is 0 Å². The third-order valence-electron chi connectivity index (χ3n) is 6.36. The summed E-state index contributed by atoms with van der Waals surface area (Å²) in [7, 11) is 0. The molecule has 0 aromatic rings. The molecule has 0 heterocycles. The molecule has 15 heavy (non-hydrogen) atoms. The highest BCUT2D eigenvalue weighted by Crippen LogP contribution is 2.62. The van der Waals surface area contributed by atoms with Gasteiger partial charge in [0.25, 0.3) is 0 Å². The van der Waals surface area contributed by atoms with Crippen LogP contribution in [-0.4, -0.2) is 11.1 Å². The highest BCUT2D eigenvalue weighted by Gasteiger charge is 2.64. The molecular formula is C13H24N2. The summed E-state index contributed by atoms with van der Waals surface area (Å²) in [6, 6.07) is 0. The summed E-state index contributed by atoms with van der Waals surface area (Å²) in [5.41, 5.74) is 13.0. The fraction of sp³-hybridized carbons (Fsp3) is 1.00. The van der Waals surface area contributed by atoms with Gasteiger partial charge in [-0.15, -0.1) is 0 Å². The Labute approximate surface area is 92.8 Å². The van der Waals surface area contributed by atoms with Crippen molar-refractivity contribution < 1.29 is 0 Å². The van der Waals surface area contributed by atoms with Crippen LogP contribution in [0.3, 0.4) is 0 Å². The zero-order chi connectivity index (χ0) is 11.0. The second-order valence-corrected chi connectivity index (χ2v) is 6.83. The van der Waals surface area contributed by atoms with Crippen molar-refractivity contribution in [3.8, 4) is 0 Å². The molecule has 0 radical (unpaired) electrons. The molecule has 7 unspecified atom stereocenters. The molecule has 0 aromatic heterocycles. The molecule has 0 aliphatic heterocycles. The number of rotatable bonds is 0. The molecule has 7 atom stereocenters. The zero-order valence-electron chi connectivity index (χ0n) is 10.2. The summed E-state index contributed by atoms with van der Waals surface area (Å²) in [6.45, 7) is 7.04. The van der Waals surface area contributed by atoms with Crippen LogP contribution < -0.4 is 11.5 Å². The van der Waals surface area contributed by atoms with E-state index in [2.05, 4.69) is 20.8 Å². The first-order valence-corrected chi connectivity index (χ1v) is 6.44. The van der Waals surface area contributed by atoms with Crippen molar-refractivity contribution in [2.75, 3.05) is 0 Å². The highest BCUT2D eigenvalue weighted by atomic mass is 15.0. The average molecular weight is 208 g/mol. The molecule has 4 aliphatic carbocycles. The van der Waals surface area contributed by atoms with Gasteiger partial charge in [-0.3, -0.25) is 0 Å². The van der Waals surface area contributed by atoms with Crippen LogP contribution in [0.4, 0.5) is 0 Å². The molecule has 4 bridgehead atoms. The van der Waals surface area contributed by atoms with Crippen molar-refractivity contribution in [3.63, 3.8) is 0 Å². The van der Waals surface area contributed by atoms with Gasteiger partial charge in [-0.2, -0.15) is 0 Å². The summed E-state index contributed by atoms with van der Waals surface area (Å²) >= 11 is 0. The fourth-order valence-corrected chi connectivity index (χ4v) is 5.10. The second kappa shape index (κ2) is 2.60. The van der Waals surface area contributed by atoms with Gasteiger partial charge in [0.15, 0.2) is 0 Å². The van der Waals surface area contributed by atoms with Gasteiger partial charge in [0.05, 0.1) is 0 Å². The van der Waals surface area contributed by atoms with E-state index in [1.54, 1.807) is 0 Å². The molecule has 0 aromatic carbocycles. The minimum absolute atomic E-state index is 0.0652. The first kappa shape index (κ1) is 10.1. The van der Waals surface area contributed by atoms with E-state index in [1.165, 1.54) is 12.8 Å². The van der Waals surface area contributed by atoms with E-state index < -0.39 is 0 Å². The topological polar surface area (TPSA) is 52.0 Å². The van der Waals surface area contributed by atoms with Crippen LogP contribution in [0, 0.1) is 29.6 Å². The lowest BCUT2D eigenvalue weighted by atomic mass is 9.40. The van der Waals surface area contributed by atoms with Crippen molar-refractivity contribution >= 4 is 0 Å². The van der Waals surface area contributed by atoms with Crippen LogP contribution in [0.15, 0.2) is 0 Å². The van der Waals surface area contributed by atoms with E-state index in [-0.39, 0.29) is 11.1 Å². The quantitative estimate of drug-likeness (QED) is 0.637. The zero-order valence-corrected chi connectivity index (χ0v) is 10.2. The Morgan fingerprint density at radius 2 is 1.73 bits per heavy atom. The molecule has 0 saturated heterocycles. The smallest absolute Gasteiger partial charge is 0.0342 e. The molecule has 4 rings (SSSR count). The van der Waals surface area contributed by atoms with Gasteiger partial charge < -0.3 is 11.5 Å². The van der Waals surface area contributed by atoms with Crippen molar-refractivity contribution in [1.29, 1.82) is 0 Å². The number of nitrogens with two attached hydrogens (primary N) is 2. The monoisotopic (exact) mass is 208 g/mol. The van der Waals surface area contributed by atoms with E-state index in [0.29, 0.717) is 5.92 Å². The fourth-order valence-electron chi connectivity index (χ4n) is 5.10. The molecule has 4 saturated carbocycles. The normalized spacial score (nSPS) is 67.4. The van der Waals surface area contributed by atoms with Crippen LogP contribution in [-0.2, 0) is 0 Å². The molecule has 4 fully saturated rings. The average Bonchev–Trinajstić information content (AvgIpc) is 2.13. The van der Waals surface area contributed by atoms with Crippen LogP contribution in [0.2, 0.25) is 0 Å². The largest absolute Gasteiger partial charge is 0.324 e. The van der Waals surface area contributed by atoms with E-state index in [4.69, 9.17) is 11.5 Å². The lowest BCUT2D eigenvalue weighted by Crippen LogP contribution is -2.78. The molecule has 2 nitrogen and oxygen atoms in total. The summed E-state index contributed by atoms with van der Waals surface area (Å²) in [4.78, 5) is 0. The molecule has 4 aliphatic rings. The van der Waals surface area contributed by atoms with E-state index in [0.717, 1.165) is 30.1 Å². The Kier molecular flexibility index (Phi) is 1.75. The van der Waals surface area contributed by atoms with Gasteiger partial charge in [0.2, 0.25) is 0 Å². The van der Waals surface area contributed by atoms with Crippen molar-refractivity contribution in [2.24, 2.45) is 41.1 Å². The highest BCUT2D eigenvalue weighted by molar-refractivity contribution is 5.21. The SMILES string of the molecule is CC1C2CC3C(C)C1CC(N)(C2)C3(C)N. The van der Waals surface area contributed by atoms with Gasteiger partial charge in [0, 0.05) is 11.1 Å². The lowest BCUT2D eigenvalue weighted by molar-refractivity contribution is -0.133. The van der Waals surface area contributed by atoms with Gasteiger partial charge in [-0.25, -0.2) is 0 Å². The Morgan fingerprint density at radius 3 is 2.40 bits per heavy atom. The third-order valence-corrected chi connectivity index (χ3v) is 6.36. The van der Waals surface area contributed by atoms with Crippen LogP contribution in [0.5, 0.6) is 0 Å². The Morgan fingerprint density at radius 1 is 1.07 bits per heavy atom. The molecule has 0 amide bonds. The minimum Gasteiger partial charge on any atom is -0.324 e. The Bertz CT molecular complexity index is 299. The predicted molar refractivity (Wildman–Crippen MR) is 62.2 cm³/mol.